The lowest BCUT2D eigenvalue weighted by Gasteiger charge is -2.02. The van der Waals surface area contributed by atoms with Crippen molar-refractivity contribution in [3.05, 3.63) is 42.0 Å². The second-order valence-electron chi connectivity index (χ2n) is 4.25. The molecule has 0 saturated carbocycles. The quantitative estimate of drug-likeness (QED) is 0.665. The van der Waals surface area contributed by atoms with Gasteiger partial charge in [0.1, 0.15) is 10.7 Å². The normalized spacial score (nSPS) is 10.6. The molecule has 0 spiro atoms. The molecule has 1 aromatic heterocycles. The molecule has 0 bridgehead atoms. The molecular weight excluding hydrogens is 260 g/mol. The predicted molar refractivity (Wildman–Crippen MR) is 82.2 cm³/mol. The van der Waals surface area contributed by atoms with E-state index in [1.165, 1.54) is 5.56 Å². The van der Waals surface area contributed by atoms with Crippen molar-refractivity contribution in [2.45, 2.75) is 18.2 Å². The molecule has 18 heavy (non-hydrogen) atoms. The largest absolute Gasteiger partial charge is 0.389 e. The second kappa shape index (κ2) is 5.59. The number of aromatic nitrogens is 1. The van der Waals surface area contributed by atoms with E-state index in [0.29, 0.717) is 0 Å². The van der Waals surface area contributed by atoms with Crippen LogP contribution in [0.25, 0.3) is 11.3 Å². The highest BCUT2D eigenvalue weighted by Crippen LogP contribution is 2.36. The predicted octanol–water partition coefficient (Wildman–Crippen LogP) is 4.37. The number of nitrogens with two attached hydrogens (primary N) is 1. The first-order chi connectivity index (χ1) is 8.58. The van der Waals surface area contributed by atoms with Gasteiger partial charge in [-0.25, -0.2) is 4.98 Å². The van der Waals surface area contributed by atoms with Crippen LogP contribution in [0.2, 0.25) is 0 Å². The first-order valence-electron chi connectivity index (χ1n) is 5.67. The molecule has 2 nitrogen and oxygen atoms in total. The van der Waals surface area contributed by atoms with Crippen LogP contribution in [0, 0.1) is 6.92 Å². The fourth-order valence-corrected chi connectivity index (χ4v) is 3.37. The molecule has 4 heteroatoms. The summed E-state index contributed by atoms with van der Waals surface area (Å²) in [6, 6.07) is 8.18. The first kappa shape index (κ1) is 13.2. The van der Waals surface area contributed by atoms with E-state index >= 15 is 0 Å². The zero-order valence-electron chi connectivity index (χ0n) is 10.6. The molecule has 2 aromatic rings. The van der Waals surface area contributed by atoms with Crippen LogP contribution in [0.5, 0.6) is 0 Å². The molecule has 0 unspecified atom stereocenters. The Morgan fingerprint density at radius 3 is 2.83 bits per heavy atom. The fraction of sp³-hybridized carbons (Fsp3) is 0.214. The highest BCUT2D eigenvalue weighted by atomic mass is 32.2. The van der Waals surface area contributed by atoms with Crippen LogP contribution in [-0.4, -0.2) is 10.7 Å². The van der Waals surface area contributed by atoms with E-state index in [1.807, 2.05) is 19.1 Å². The number of thioether (sulfide) groups is 1. The van der Waals surface area contributed by atoms with E-state index in [0.717, 1.165) is 31.9 Å². The molecule has 1 aromatic carbocycles. The third-order valence-electron chi connectivity index (χ3n) is 2.48. The summed E-state index contributed by atoms with van der Waals surface area (Å²) in [5.74, 6) is 0.889. The van der Waals surface area contributed by atoms with Crippen molar-refractivity contribution in [2.75, 3.05) is 11.5 Å². The van der Waals surface area contributed by atoms with Crippen LogP contribution in [0.1, 0.15) is 12.5 Å². The summed E-state index contributed by atoms with van der Waals surface area (Å²) >= 11 is 3.24. The maximum atomic E-state index is 6.07. The number of hydrogen-bond acceptors (Lipinski definition) is 4. The van der Waals surface area contributed by atoms with Crippen molar-refractivity contribution in [1.29, 1.82) is 0 Å². The summed E-state index contributed by atoms with van der Waals surface area (Å²) in [5.41, 5.74) is 10.4. The van der Waals surface area contributed by atoms with Gasteiger partial charge in [-0.05, 0) is 19.4 Å². The minimum Gasteiger partial charge on any atom is -0.389 e. The number of benzene rings is 1. The lowest BCUT2D eigenvalue weighted by molar-refractivity contribution is 1.24. The number of anilines is 1. The number of thiazole rings is 1. The first-order valence-corrected chi connectivity index (χ1v) is 7.47. The molecule has 0 aliphatic heterocycles. The van der Waals surface area contributed by atoms with E-state index in [4.69, 9.17) is 5.73 Å². The maximum Gasteiger partial charge on any atom is 0.152 e. The molecule has 0 atom stereocenters. The Hall–Kier alpha value is -1.26. The van der Waals surface area contributed by atoms with Crippen LogP contribution in [0.3, 0.4) is 0 Å². The van der Waals surface area contributed by atoms with Gasteiger partial charge in [-0.1, -0.05) is 59.5 Å². The monoisotopic (exact) mass is 276 g/mol. The van der Waals surface area contributed by atoms with E-state index in [9.17, 15) is 0 Å². The molecule has 0 radical (unpaired) electrons. The summed E-state index contributed by atoms with van der Waals surface area (Å²) in [6.07, 6.45) is 0. The Balaban J connectivity index is 2.30. The van der Waals surface area contributed by atoms with Crippen LogP contribution in [0.15, 0.2) is 40.8 Å². The van der Waals surface area contributed by atoms with Crippen molar-refractivity contribution in [3.8, 4) is 11.3 Å². The summed E-state index contributed by atoms with van der Waals surface area (Å²) in [6.45, 7) is 7.99. The SMILES string of the molecule is C=C(C)CSc1nc(-c2ccccc2C)c(N)s1. The van der Waals surface area contributed by atoms with Gasteiger partial charge in [0.25, 0.3) is 0 Å². The fourth-order valence-electron chi connectivity index (χ4n) is 1.59. The second-order valence-corrected chi connectivity index (χ2v) is 6.51. The Morgan fingerprint density at radius 1 is 1.44 bits per heavy atom. The zero-order chi connectivity index (χ0) is 13.1. The van der Waals surface area contributed by atoms with E-state index in [-0.39, 0.29) is 0 Å². The van der Waals surface area contributed by atoms with Gasteiger partial charge in [0.2, 0.25) is 0 Å². The number of rotatable bonds is 4. The molecule has 94 valence electrons. The van der Waals surface area contributed by atoms with Gasteiger partial charge in [0.15, 0.2) is 4.34 Å². The lowest BCUT2D eigenvalue weighted by Crippen LogP contribution is -1.88. The number of nitrogens with zero attached hydrogens (tertiary/aromatic N) is 1. The minimum absolute atomic E-state index is 0.786. The van der Waals surface area contributed by atoms with Crippen molar-refractivity contribution in [2.24, 2.45) is 0 Å². The van der Waals surface area contributed by atoms with Crippen LogP contribution < -0.4 is 5.73 Å². The summed E-state index contributed by atoms with van der Waals surface area (Å²) in [7, 11) is 0. The minimum atomic E-state index is 0.786. The van der Waals surface area contributed by atoms with E-state index in [2.05, 4.69) is 30.6 Å². The number of hydrogen-bond donors (Lipinski definition) is 1. The molecule has 0 aliphatic rings. The van der Waals surface area contributed by atoms with E-state index < -0.39 is 0 Å². The van der Waals surface area contributed by atoms with E-state index in [1.54, 1.807) is 23.1 Å². The van der Waals surface area contributed by atoms with Gasteiger partial charge in [0, 0.05) is 11.3 Å². The Kier molecular flexibility index (Phi) is 4.09. The van der Waals surface area contributed by atoms with Crippen LogP contribution >= 0.6 is 23.1 Å². The lowest BCUT2D eigenvalue weighted by atomic mass is 10.1. The highest BCUT2D eigenvalue weighted by Gasteiger charge is 2.12. The molecule has 1 heterocycles. The molecule has 0 saturated heterocycles. The van der Waals surface area contributed by atoms with Crippen molar-refractivity contribution in [3.63, 3.8) is 0 Å². The molecule has 0 fully saturated rings. The van der Waals surface area contributed by atoms with Gasteiger partial charge >= 0.3 is 0 Å². The van der Waals surface area contributed by atoms with Gasteiger partial charge < -0.3 is 5.73 Å². The zero-order valence-corrected chi connectivity index (χ0v) is 12.2. The Morgan fingerprint density at radius 2 is 2.17 bits per heavy atom. The molecular formula is C14H16N2S2. The molecule has 2 N–H and O–H groups in total. The molecule has 0 aliphatic carbocycles. The maximum absolute atomic E-state index is 6.07. The van der Waals surface area contributed by atoms with Crippen molar-refractivity contribution in [1.82, 2.24) is 4.98 Å². The average molecular weight is 276 g/mol. The van der Waals surface area contributed by atoms with Gasteiger partial charge in [-0.3, -0.25) is 0 Å². The molecule has 2 rings (SSSR count). The number of aryl methyl sites for hydroxylation is 1. The van der Waals surface area contributed by atoms with Crippen molar-refractivity contribution >= 4 is 28.1 Å². The third kappa shape index (κ3) is 2.94. The van der Waals surface area contributed by atoms with Gasteiger partial charge in [0.05, 0.1) is 0 Å². The summed E-state index contributed by atoms with van der Waals surface area (Å²) in [4.78, 5) is 4.63. The summed E-state index contributed by atoms with van der Waals surface area (Å²) in [5, 5.41) is 0.786. The Bertz CT molecular complexity index is 573. The summed E-state index contributed by atoms with van der Waals surface area (Å²) < 4.78 is 1.01. The highest BCUT2D eigenvalue weighted by molar-refractivity contribution is 8.01. The Labute approximate surface area is 116 Å². The standard InChI is InChI=1S/C14H16N2S2/c1-9(2)8-17-14-16-12(13(15)18-14)11-7-5-4-6-10(11)3/h4-7H,1,8,15H2,2-3H3. The topological polar surface area (TPSA) is 38.9 Å². The van der Waals surface area contributed by atoms with Crippen LogP contribution in [0.4, 0.5) is 5.00 Å². The average Bonchev–Trinajstić information content (AvgIpc) is 2.69. The number of nitrogen functional groups attached to an aromatic ring is 1. The van der Waals surface area contributed by atoms with Crippen molar-refractivity contribution < 1.29 is 0 Å². The van der Waals surface area contributed by atoms with Gasteiger partial charge in [-0.2, -0.15) is 0 Å². The third-order valence-corrected chi connectivity index (χ3v) is 4.73. The van der Waals surface area contributed by atoms with Crippen LogP contribution in [-0.2, 0) is 0 Å². The molecule has 0 amide bonds. The van der Waals surface area contributed by atoms with Gasteiger partial charge in [-0.15, -0.1) is 0 Å². The smallest absolute Gasteiger partial charge is 0.152 e.